The number of Topliss-reactive ketones (excluding diaryl/α,β-unsaturated/α-hetero) is 1. The zero-order valence-electron chi connectivity index (χ0n) is 23.9. The second-order valence-electron chi connectivity index (χ2n) is 10.7. The Labute approximate surface area is 235 Å². The lowest BCUT2D eigenvalue weighted by Gasteiger charge is -2.27. The molecule has 226 valence electrons. The number of hydrogen-bond acceptors (Lipinski definition) is 8. The molecule has 5 amide bonds. The standard InChI is InChI=1S/C26H42N4O9S/c1-15(2)17(5)24(34)18(6)27-26(36)23(16(3)4)29-25(35)19(14-40(37,38)39)28-20(31)10-8-7-9-13-30-21(32)11-12-22(30)33/h11-12,15-19,23H,7-10,13-14H2,1-6H3,(H,27,36)(H,28,31)(H,29,35)(H,37,38,39)/t17?,18-,19-,23-/m0/s1. The van der Waals surface area contributed by atoms with Crippen molar-refractivity contribution in [2.24, 2.45) is 17.8 Å². The molecular weight excluding hydrogens is 544 g/mol. The predicted octanol–water partition coefficient (Wildman–Crippen LogP) is 0.351. The van der Waals surface area contributed by atoms with Gasteiger partial charge >= 0.3 is 0 Å². The molecule has 0 bridgehead atoms. The van der Waals surface area contributed by atoms with Crippen LogP contribution in [0.2, 0.25) is 0 Å². The molecule has 0 saturated heterocycles. The molecule has 1 heterocycles. The molecule has 0 radical (unpaired) electrons. The molecule has 4 atom stereocenters. The highest BCUT2D eigenvalue weighted by Gasteiger charge is 2.33. The van der Waals surface area contributed by atoms with Crippen molar-refractivity contribution in [3.8, 4) is 0 Å². The quantitative estimate of drug-likeness (QED) is 0.106. The molecule has 0 spiro atoms. The molecule has 0 saturated carbocycles. The molecule has 13 nitrogen and oxygen atoms in total. The third-order valence-electron chi connectivity index (χ3n) is 6.70. The van der Waals surface area contributed by atoms with Gasteiger partial charge in [-0.15, -0.1) is 0 Å². The van der Waals surface area contributed by atoms with E-state index >= 15 is 0 Å². The Morgan fingerprint density at radius 2 is 1.40 bits per heavy atom. The lowest BCUT2D eigenvalue weighted by atomic mass is 9.90. The maximum absolute atomic E-state index is 13.0. The molecule has 1 rings (SSSR count). The molecule has 4 N–H and O–H groups in total. The van der Waals surface area contributed by atoms with Crippen LogP contribution in [0.3, 0.4) is 0 Å². The van der Waals surface area contributed by atoms with Crippen LogP contribution in [0.25, 0.3) is 0 Å². The summed E-state index contributed by atoms with van der Waals surface area (Å²) in [4.78, 5) is 75.1. The van der Waals surface area contributed by atoms with E-state index in [0.29, 0.717) is 19.3 Å². The number of nitrogens with one attached hydrogen (secondary N) is 3. The van der Waals surface area contributed by atoms with E-state index in [-0.39, 0.29) is 30.6 Å². The summed E-state index contributed by atoms with van der Waals surface area (Å²) in [6.45, 7) is 10.5. The first-order chi connectivity index (χ1) is 18.4. The fourth-order valence-electron chi connectivity index (χ4n) is 3.93. The van der Waals surface area contributed by atoms with Crippen molar-refractivity contribution in [2.45, 2.75) is 85.4 Å². The van der Waals surface area contributed by atoms with E-state index in [0.717, 1.165) is 4.90 Å². The smallest absolute Gasteiger partial charge is 0.267 e. The Hall–Kier alpha value is -3.13. The van der Waals surface area contributed by atoms with Gasteiger partial charge in [0.15, 0.2) is 5.78 Å². The zero-order chi connectivity index (χ0) is 30.8. The number of hydrogen-bond donors (Lipinski definition) is 4. The molecule has 40 heavy (non-hydrogen) atoms. The molecule has 1 unspecified atom stereocenters. The van der Waals surface area contributed by atoms with Crippen molar-refractivity contribution in [3.05, 3.63) is 12.2 Å². The van der Waals surface area contributed by atoms with Crippen LogP contribution in [0.5, 0.6) is 0 Å². The van der Waals surface area contributed by atoms with Crippen LogP contribution in [-0.4, -0.2) is 83.6 Å². The molecule has 0 aromatic carbocycles. The van der Waals surface area contributed by atoms with Crippen LogP contribution < -0.4 is 16.0 Å². The van der Waals surface area contributed by atoms with Gasteiger partial charge in [-0.25, -0.2) is 0 Å². The molecular formula is C26H42N4O9S. The average Bonchev–Trinajstić information content (AvgIpc) is 3.16. The first-order valence-corrected chi connectivity index (χ1v) is 15.0. The number of carbonyl (C=O) groups is 6. The van der Waals surface area contributed by atoms with E-state index in [1.165, 1.54) is 19.1 Å². The van der Waals surface area contributed by atoms with E-state index in [9.17, 15) is 41.7 Å². The summed E-state index contributed by atoms with van der Waals surface area (Å²) in [6, 6.07) is -3.65. The van der Waals surface area contributed by atoms with Crippen molar-refractivity contribution in [2.75, 3.05) is 12.3 Å². The first-order valence-electron chi connectivity index (χ1n) is 13.4. The minimum Gasteiger partial charge on any atom is -0.345 e. The number of amides is 5. The van der Waals surface area contributed by atoms with Crippen LogP contribution in [0.1, 0.15) is 67.2 Å². The molecule has 0 aromatic rings. The largest absolute Gasteiger partial charge is 0.345 e. The molecule has 0 aromatic heterocycles. The fraction of sp³-hybridized carbons (Fsp3) is 0.692. The van der Waals surface area contributed by atoms with Crippen LogP contribution in [0, 0.1) is 17.8 Å². The number of rotatable bonds is 17. The predicted molar refractivity (Wildman–Crippen MR) is 146 cm³/mol. The van der Waals surface area contributed by atoms with Crippen LogP contribution >= 0.6 is 0 Å². The summed E-state index contributed by atoms with van der Waals surface area (Å²) in [7, 11) is -4.68. The van der Waals surface area contributed by atoms with Gasteiger partial charge in [0.05, 0.1) is 6.04 Å². The van der Waals surface area contributed by atoms with Crippen molar-refractivity contribution in [1.82, 2.24) is 20.9 Å². The maximum atomic E-state index is 13.0. The Morgan fingerprint density at radius 3 is 1.90 bits per heavy atom. The summed E-state index contributed by atoms with van der Waals surface area (Å²) in [5.74, 6) is -5.09. The van der Waals surface area contributed by atoms with Gasteiger partial charge in [0.1, 0.15) is 17.8 Å². The van der Waals surface area contributed by atoms with Crippen molar-refractivity contribution >= 4 is 45.4 Å². The number of carbonyl (C=O) groups excluding carboxylic acids is 6. The Bertz CT molecular complexity index is 1080. The van der Waals surface area contributed by atoms with E-state index < -0.39 is 69.5 Å². The Kier molecular flexibility index (Phi) is 13.6. The molecule has 14 heteroatoms. The van der Waals surface area contributed by atoms with Gasteiger partial charge in [0.25, 0.3) is 21.9 Å². The van der Waals surface area contributed by atoms with Crippen LogP contribution in [0.4, 0.5) is 0 Å². The minimum absolute atomic E-state index is 0.0630. The normalized spacial score (nSPS) is 16.6. The van der Waals surface area contributed by atoms with Gasteiger partial charge in [0, 0.05) is 31.0 Å². The highest BCUT2D eigenvalue weighted by Crippen LogP contribution is 2.13. The fourth-order valence-corrected chi connectivity index (χ4v) is 4.59. The monoisotopic (exact) mass is 586 g/mol. The summed E-state index contributed by atoms with van der Waals surface area (Å²) in [5, 5.41) is 7.30. The Morgan fingerprint density at radius 1 is 0.825 bits per heavy atom. The number of ketones is 1. The first kappa shape index (κ1) is 34.9. The lowest BCUT2D eigenvalue weighted by molar-refractivity contribution is -0.137. The number of imide groups is 1. The third-order valence-corrected chi connectivity index (χ3v) is 7.45. The van der Waals surface area contributed by atoms with Gasteiger partial charge in [-0.1, -0.05) is 41.0 Å². The average molecular weight is 587 g/mol. The van der Waals surface area contributed by atoms with E-state index in [2.05, 4.69) is 16.0 Å². The minimum atomic E-state index is -4.68. The summed E-state index contributed by atoms with van der Waals surface area (Å²) < 4.78 is 32.4. The van der Waals surface area contributed by atoms with Crippen molar-refractivity contribution in [3.63, 3.8) is 0 Å². The van der Waals surface area contributed by atoms with Crippen LogP contribution in [0.15, 0.2) is 12.2 Å². The molecule has 0 fully saturated rings. The molecule has 1 aliphatic rings. The van der Waals surface area contributed by atoms with Crippen LogP contribution in [-0.2, 0) is 38.9 Å². The molecule has 0 aliphatic carbocycles. The van der Waals surface area contributed by atoms with Crippen molar-refractivity contribution < 1.29 is 41.7 Å². The summed E-state index contributed by atoms with van der Waals surface area (Å²) in [5.41, 5.74) is 0. The van der Waals surface area contributed by atoms with E-state index in [1.54, 1.807) is 20.8 Å². The SMILES string of the molecule is CC(C)C(C)C(=O)[C@H](C)NC(=O)[C@@H](NC(=O)[C@H](CS(=O)(=O)O)NC(=O)CCCCCN1C(=O)C=CC1=O)C(C)C. The maximum Gasteiger partial charge on any atom is 0.267 e. The van der Waals surface area contributed by atoms with E-state index in [4.69, 9.17) is 0 Å². The third kappa shape index (κ3) is 11.5. The van der Waals surface area contributed by atoms with Crippen molar-refractivity contribution in [1.29, 1.82) is 0 Å². The summed E-state index contributed by atoms with van der Waals surface area (Å²) in [6.07, 6.45) is 3.52. The second kappa shape index (κ2) is 15.6. The second-order valence-corrected chi connectivity index (χ2v) is 12.2. The van der Waals surface area contributed by atoms with Gasteiger partial charge in [0.2, 0.25) is 17.7 Å². The highest BCUT2D eigenvalue weighted by molar-refractivity contribution is 7.85. The zero-order valence-corrected chi connectivity index (χ0v) is 24.7. The van der Waals surface area contributed by atoms with E-state index in [1.807, 2.05) is 13.8 Å². The van der Waals surface area contributed by atoms with Gasteiger partial charge < -0.3 is 16.0 Å². The topological polar surface area (TPSA) is 196 Å². The van der Waals surface area contributed by atoms with Gasteiger partial charge in [-0.2, -0.15) is 8.42 Å². The Balaban J connectivity index is 2.75. The van der Waals surface area contributed by atoms with Gasteiger partial charge in [-0.3, -0.25) is 38.2 Å². The number of nitrogens with zero attached hydrogens (tertiary/aromatic N) is 1. The highest BCUT2D eigenvalue weighted by atomic mass is 32.2. The number of unbranched alkanes of at least 4 members (excludes halogenated alkanes) is 2. The lowest BCUT2D eigenvalue weighted by Crippen LogP contribution is -2.58. The van der Waals surface area contributed by atoms with Gasteiger partial charge in [-0.05, 0) is 31.6 Å². The molecule has 1 aliphatic heterocycles. The summed E-state index contributed by atoms with van der Waals surface area (Å²) >= 11 is 0.